The molecule has 28 heavy (non-hydrogen) atoms. The van der Waals surface area contributed by atoms with Crippen molar-refractivity contribution in [2.75, 3.05) is 4.31 Å². The molecule has 0 saturated carbocycles. The third kappa shape index (κ3) is 3.18. The number of rotatable bonds is 5. The fourth-order valence-electron chi connectivity index (χ4n) is 2.87. The van der Waals surface area contributed by atoms with E-state index in [1.54, 1.807) is 33.8 Å². The van der Waals surface area contributed by atoms with E-state index < -0.39 is 27.2 Å². The molecule has 3 aromatic rings. The summed E-state index contributed by atoms with van der Waals surface area (Å²) in [6.45, 7) is 6.56. The fourth-order valence-corrected chi connectivity index (χ4v) is 4.61. The molecule has 0 bridgehead atoms. The molecule has 0 atom stereocenters. The third-order valence-corrected chi connectivity index (χ3v) is 6.35. The van der Waals surface area contributed by atoms with Crippen LogP contribution in [0.15, 0.2) is 29.6 Å². The summed E-state index contributed by atoms with van der Waals surface area (Å²) >= 11 is 6.16. The van der Waals surface area contributed by atoms with E-state index >= 15 is 0 Å². The molecule has 0 unspecified atom stereocenters. The van der Waals surface area contributed by atoms with Gasteiger partial charge >= 0.3 is 16.0 Å². The smallest absolute Gasteiger partial charge is 0.337 e. The van der Waals surface area contributed by atoms with Crippen molar-refractivity contribution >= 4 is 39.1 Å². The number of aryl methyl sites for hydroxylation is 1. The lowest BCUT2D eigenvalue weighted by Crippen LogP contribution is -2.39. The Hall–Kier alpha value is -2.72. The number of halogens is 1. The number of aromatic nitrogens is 4. The minimum absolute atomic E-state index is 0.0152. The Kier molecular flexibility index (Phi) is 5.02. The van der Waals surface area contributed by atoms with Crippen LogP contribution >= 0.6 is 11.6 Å². The standard InChI is InChI=1S/C17H18ClN5O4S/c1-9(2)23(14-11(4)13(18)6-5-12(14)15(24)25)28(26,27)17-20-16-19-8-7-10(3)22(16)21-17/h5-9H,1-4H3,(H,24,25). The zero-order valence-electron chi connectivity index (χ0n) is 15.6. The van der Waals surface area contributed by atoms with Gasteiger partial charge in [0.25, 0.3) is 10.9 Å². The first-order chi connectivity index (χ1) is 13.1. The van der Waals surface area contributed by atoms with E-state index in [-0.39, 0.29) is 22.1 Å². The van der Waals surface area contributed by atoms with Crippen LogP contribution in [-0.4, -0.2) is 45.1 Å². The first-order valence-electron chi connectivity index (χ1n) is 8.31. The van der Waals surface area contributed by atoms with Gasteiger partial charge in [-0.3, -0.25) is 4.31 Å². The number of anilines is 1. The molecular formula is C17H18ClN5O4S. The first kappa shape index (κ1) is 20.0. The number of nitrogens with zero attached hydrogens (tertiary/aromatic N) is 5. The van der Waals surface area contributed by atoms with E-state index in [4.69, 9.17) is 11.6 Å². The van der Waals surface area contributed by atoms with Gasteiger partial charge in [0.15, 0.2) is 0 Å². The molecule has 1 N–H and O–H groups in total. The van der Waals surface area contributed by atoms with Gasteiger partial charge < -0.3 is 5.11 Å². The van der Waals surface area contributed by atoms with Gasteiger partial charge in [0, 0.05) is 23.0 Å². The highest BCUT2D eigenvalue weighted by atomic mass is 35.5. The normalized spacial score (nSPS) is 11.9. The average molecular weight is 424 g/mol. The molecule has 0 aliphatic rings. The van der Waals surface area contributed by atoms with Gasteiger partial charge in [-0.25, -0.2) is 14.3 Å². The Bertz CT molecular complexity index is 1190. The Morgan fingerprint density at radius 3 is 2.50 bits per heavy atom. The summed E-state index contributed by atoms with van der Waals surface area (Å²) in [6.07, 6.45) is 1.50. The number of hydrogen-bond donors (Lipinski definition) is 1. The van der Waals surface area contributed by atoms with Crippen molar-refractivity contribution in [1.82, 2.24) is 19.6 Å². The zero-order chi connectivity index (χ0) is 20.8. The first-order valence-corrected chi connectivity index (χ1v) is 10.1. The summed E-state index contributed by atoms with van der Waals surface area (Å²) in [5, 5.41) is 13.4. The molecule has 11 heteroatoms. The summed E-state index contributed by atoms with van der Waals surface area (Å²) in [4.78, 5) is 19.8. The predicted octanol–water partition coefficient (Wildman–Crippen LogP) is 2.70. The number of carboxylic acids is 1. The lowest BCUT2D eigenvalue weighted by atomic mass is 10.1. The molecule has 0 aliphatic carbocycles. The van der Waals surface area contributed by atoms with Gasteiger partial charge in [-0.2, -0.15) is 13.4 Å². The van der Waals surface area contributed by atoms with Crippen LogP contribution < -0.4 is 4.31 Å². The van der Waals surface area contributed by atoms with E-state index in [9.17, 15) is 18.3 Å². The molecular weight excluding hydrogens is 406 g/mol. The van der Waals surface area contributed by atoms with E-state index in [1.165, 1.54) is 22.8 Å². The molecule has 0 aliphatic heterocycles. The van der Waals surface area contributed by atoms with Crippen LogP contribution in [-0.2, 0) is 10.0 Å². The highest BCUT2D eigenvalue weighted by molar-refractivity contribution is 7.92. The van der Waals surface area contributed by atoms with Crippen molar-refractivity contribution in [2.24, 2.45) is 0 Å². The summed E-state index contributed by atoms with van der Waals surface area (Å²) in [5.41, 5.74) is 0.785. The van der Waals surface area contributed by atoms with Gasteiger partial charge in [0.1, 0.15) is 0 Å². The minimum atomic E-state index is -4.30. The summed E-state index contributed by atoms with van der Waals surface area (Å²) in [5.74, 6) is -1.14. The van der Waals surface area contributed by atoms with E-state index in [0.717, 1.165) is 4.31 Å². The van der Waals surface area contributed by atoms with Crippen LogP contribution in [0.2, 0.25) is 5.02 Å². The van der Waals surface area contributed by atoms with Crippen LogP contribution in [0, 0.1) is 13.8 Å². The maximum atomic E-state index is 13.4. The molecule has 0 radical (unpaired) electrons. The number of carboxylic acid groups (broad SMARTS) is 1. The maximum Gasteiger partial charge on any atom is 0.337 e. The maximum absolute atomic E-state index is 13.4. The highest BCUT2D eigenvalue weighted by Crippen LogP contribution is 2.35. The van der Waals surface area contributed by atoms with Crippen LogP contribution in [0.3, 0.4) is 0 Å². The van der Waals surface area contributed by atoms with Crippen molar-refractivity contribution in [2.45, 2.75) is 38.9 Å². The Morgan fingerprint density at radius 1 is 1.25 bits per heavy atom. The molecule has 0 amide bonds. The largest absolute Gasteiger partial charge is 0.478 e. The van der Waals surface area contributed by atoms with E-state index in [1.807, 2.05) is 0 Å². The zero-order valence-corrected chi connectivity index (χ0v) is 17.2. The van der Waals surface area contributed by atoms with Crippen LogP contribution in [0.25, 0.3) is 5.78 Å². The number of benzene rings is 1. The highest BCUT2D eigenvalue weighted by Gasteiger charge is 2.35. The lowest BCUT2D eigenvalue weighted by Gasteiger charge is -2.29. The summed E-state index contributed by atoms with van der Waals surface area (Å²) < 4.78 is 29.1. The molecule has 0 fully saturated rings. The van der Waals surface area contributed by atoms with E-state index in [0.29, 0.717) is 11.3 Å². The Morgan fingerprint density at radius 2 is 1.93 bits per heavy atom. The molecule has 148 valence electrons. The molecule has 2 heterocycles. The number of fused-ring (bicyclic) bond motifs is 1. The van der Waals surface area contributed by atoms with Gasteiger partial charge in [-0.05, 0) is 51.5 Å². The molecule has 0 saturated heterocycles. The van der Waals surface area contributed by atoms with Gasteiger partial charge in [-0.1, -0.05) is 11.6 Å². The van der Waals surface area contributed by atoms with Crippen molar-refractivity contribution in [3.8, 4) is 0 Å². The van der Waals surface area contributed by atoms with Crippen molar-refractivity contribution < 1.29 is 18.3 Å². The minimum Gasteiger partial charge on any atom is -0.478 e. The predicted molar refractivity (Wildman–Crippen MR) is 103 cm³/mol. The fraction of sp³-hybridized carbons (Fsp3) is 0.294. The Balaban J connectivity index is 2.29. The van der Waals surface area contributed by atoms with Gasteiger partial charge in [0.2, 0.25) is 0 Å². The topological polar surface area (TPSA) is 118 Å². The second-order valence-corrected chi connectivity index (χ2v) is 8.58. The van der Waals surface area contributed by atoms with Crippen molar-refractivity contribution in [3.63, 3.8) is 0 Å². The molecule has 3 rings (SSSR count). The molecule has 2 aromatic heterocycles. The Labute approximate surface area is 166 Å². The average Bonchev–Trinajstić information content (AvgIpc) is 3.05. The van der Waals surface area contributed by atoms with Crippen LogP contribution in [0.1, 0.15) is 35.5 Å². The van der Waals surface area contributed by atoms with Crippen molar-refractivity contribution in [3.05, 3.63) is 46.2 Å². The number of sulfonamides is 1. The quantitative estimate of drug-likeness (QED) is 0.670. The molecule has 0 spiro atoms. The number of aromatic carboxylic acids is 1. The van der Waals surface area contributed by atoms with Gasteiger partial charge in [0.05, 0.1) is 11.3 Å². The third-order valence-electron chi connectivity index (χ3n) is 4.18. The van der Waals surface area contributed by atoms with Crippen LogP contribution in [0.5, 0.6) is 0 Å². The number of hydrogen-bond acceptors (Lipinski definition) is 6. The lowest BCUT2D eigenvalue weighted by molar-refractivity contribution is 0.0697. The SMILES string of the molecule is Cc1c(Cl)ccc(C(=O)O)c1N(C(C)C)S(=O)(=O)c1nc2nccc(C)n2n1. The van der Waals surface area contributed by atoms with Crippen LogP contribution in [0.4, 0.5) is 5.69 Å². The molecule has 9 nitrogen and oxygen atoms in total. The second-order valence-electron chi connectivity index (χ2n) is 6.46. The van der Waals surface area contributed by atoms with E-state index in [2.05, 4.69) is 15.1 Å². The summed E-state index contributed by atoms with van der Waals surface area (Å²) in [7, 11) is -4.30. The summed E-state index contributed by atoms with van der Waals surface area (Å²) in [6, 6.07) is 3.74. The van der Waals surface area contributed by atoms with Gasteiger partial charge in [-0.15, -0.1) is 5.10 Å². The second kappa shape index (κ2) is 7.02. The van der Waals surface area contributed by atoms with Crippen molar-refractivity contribution in [1.29, 1.82) is 0 Å². The number of carbonyl (C=O) groups is 1. The monoisotopic (exact) mass is 423 g/mol. The molecule has 1 aromatic carbocycles.